The van der Waals surface area contributed by atoms with Gasteiger partial charge < -0.3 is 18.9 Å². The minimum absolute atomic E-state index is 0.134. The molecule has 0 fully saturated rings. The van der Waals surface area contributed by atoms with Crippen LogP contribution in [-0.2, 0) is 24.6 Å². The van der Waals surface area contributed by atoms with Gasteiger partial charge in [0, 0.05) is 26.6 Å². The Bertz CT molecular complexity index is 929. The Morgan fingerprint density at radius 3 is 2.06 bits per heavy atom. The molecule has 0 aliphatic carbocycles. The van der Waals surface area contributed by atoms with Gasteiger partial charge in [0.1, 0.15) is 0 Å². The van der Waals surface area contributed by atoms with E-state index < -0.39 is 15.1 Å². The molecule has 0 bridgehead atoms. The van der Waals surface area contributed by atoms with Crippen molar-refractivity contribution in [2.45, 2.75) is 0 Å². The zero-order chi connectivity index (χ0) is 22.3. The fraction of sp³-hybridized carbons (Fsp3) is 0.182. The molecule has 2 aromatic heterocycles. The number of methoxy groups -OCH3 is 2. The number of nitrogens with zero attached hydrogens (tertiary/aromatic N) is 2. The number of rotatable bonds is 9. The summed E-state index contributed by atoms with van der Waals surface area (Å²) in [7, 11) is 13.0. The normalized spacial score (nSPS) is 10.2. The molecule has 0 amide bonds. The fourth-order valence-corrected chi connectivity index (χ4v) is 2.47. The Kier molecular flexibility index (Phi) is 12.1. The van der Waals surface area contributed by atoms with Crippen LogP contribution in [-0.4, -0.2) is 37.8 Å². The number of hydrogen-bond acceptors (Lipinski definition) is 6. The van der Waals surface area contributed by atoms with Crippen molar-refractivity contribution in [3.63, 3.8) is 0 Å². The van der Waals surface area contributed by atoms with E-state index in [0.717, 1.165) is 22.5 Å². The number of hydrogen-bond donors (Lipinski definition) is 0. The molecule has 160 valence electrons. The van der Waals surface area contributed by atoms with Crippen LogP contribution < -0.4 is 9.47 Å². The van der Waals surface area contributed by atoms with Gasteiger partial charge in [-0.1, -0.05) is 30.4 Å². The van der Waals surface area contributed by atoms with Crippen molar-refractivity contribution < 1.29 is 34.1 Å². The monoisotopic (exact) mass is 512 g/mol. The molecule has 6 nitrogen and oxygen atoms in total. The van der Waals surface area contributed by atoms with Crippen molar-refractivity contribution in [1.82, 2.24) is 9.97 Å². The van der Waals surface area contributed by atoms with Gasteiger partial charge in [0.25, 0.3) is 0 Å². The van der Waals surface area contributed by atoms with Gasteiger partial charge in [0.15, 0.2) is 25.1 Å². The minimum atomic E-state index is -0.931. The Morgan fingerprint density at radius 2 is 1.45 bits per heavy atom. The summed E-state index contributed by atoms with van der Waals surface area (Å²) in [6, 6.07) is 15.4. The fourth-order valence-electron chi connectivity index (χ4n) is 2.47. The SMILES string of the molecule is COCOc1ccc(C=Cc2ccc(-c3ccccn3)nc2)cc1OCOC.[Cl][Zn][Cl]. The molecule has 3 aromatic rings. The first kappa shape index (κ1) is 25.2. The Balaban J connectivity index is 0.00000107. The molecule has 0 saturated heterocycles. The van der Waals surface area contributed by atoms with Gasteiger partial charge in [-0.05, 0) is 41.5 Å². The number of halogens is 2. The van der Waals surface area contributed by atoms with E-state index in [1.165, 1.54) is 0 Å². The number of ether oxygens (including phenoxy) is 4. The van der Waals surface area contributed by atoms with Crippen LogP contribution in [0, 0.1) is 0 Å². The first-order chi connectivity index (χ1) is 15.2. The molecular weight excluding hydrogens is 493 g/mol. The number of aromatic nitrogens is 2. The van der Waals surface area contributed by atoms with Gasteiger partial charge in [0.05, 0.1) is 11.4 Å². The van der Waals surface area contributed by atoms with Crippen molar-refractivity contribution in [3.05, 3.63) is 72.1 Å². The number of benzene rings is 1. The standard InChI is InChI=1S/C22H22N2O4.2ClH.Zn/c1-25-15-27-21-11-9-17(13-22(21)28-16-26-2)6-7-18-8-10-20(24-14-18)19-5-3-4-12-23-19;;;/h3-14H,15-16H2,1-2H3;2*1H;/q;;;+2/p-2. The van der Waals surface area contributed by atoms with Gasteiger partial charge in [-0.25, -0.2) is 0 Å². The first-order valence-corrected chi connectivity index (χ1v) is 17.1. The molecule has 0 spiro atoms. The van der Waals surface area contributed by atoms with Crippen molar-refractivity contribution in [1.29, 1.82) is 0 Å². The van der Waals surface area contributed by atoms with Gasteiger partial charge in [-0.2, -0.15) is 0 Å². The zero-order valence-corrected chi connectivity index (χ0v) is 21.8. The van der Waals surface area contributed by atoms with Crippen LogP contribution >= 0.6 is 19.4 Å². The van der Waals surface area contributed by atoms with Crippen LogP contribution in [0.5, 0.6) is 11.5 Å². The molecular formula is C22H22Cl2N2O4Zn. The summed E-state index contributed by atoms with van der Waals surface area (Å²) in [4.78, 5) is 8.79. The molecule has 0 unspecified atom stereocenters. The van der Waals surface area contributed by atoms with Crippen LogP contribution in [0.1, 0.15) is 11.1 Å². The molecule has 2 heterocycles. The molecule has 0 radical (unpaired) electrons. The van der Waals surface area contributed by atoms with Gasteiger partial charge >= 0.3 is 34.5 Å². The average molecular weight is 515 g/mol. The van der Waals surface area contributed by atoms with Crippen molar-refractivity contribution in [2.24, 2.45) is 0 Å². The molecule has 31 heavy (non-hydrogen) atoms. The predicted molar refractivity (Wildman–Crippen MR) is 120 cm³/mol. The van der Waals surface area contributed by atoms with Gasteiger partial charge in [-0.15, -0.1) is 0 Å². The summed E-state index contributed by atoms with van der Waals surface area (Å²) in [5.74, 6) is 1.18. The second-order valence-electron chi connectivity index (χ2n) is 5.93. The van der Waals surface area contributed by atoms with E-state index >= 15 is 0 Å². The summed E-state index contributed by atoms with van der Waals surface area (Å²) in [5, 5.41) is 0. The van der Waals surface area contributed by atoms with Crippen molar-refractivity contribution >= 4 is 31.5 Å². The van der Waals surface area contributed by atoms with Crippen molar-refractivity contribution in [3.8, 4) is 22.9 Å². The van der Waals surface area contributed by atoms with E-state index in [1.54, 1.807) is 20.4 Å². The topological polar surface area (TPSA) is 62.7 Å². The molecule has 0 N–H and O–H groups in total. The molecule has 0 aliphatic rings. The maximum absolute atomic E-state index is 5.58. The maximum atomic E-state index is 5.58. The second-order valence-corrected chi connectivity index (χ2v) is 10.6. The quantitative estimate of drug-likeness (QED) is 0.271. The third kappa shape index (κ3) is 8.93. The second kappa shape index (κ2) is 14.9. The summed E-state index contributed by atoms with van der Waals surface area (Å²) in [5.41, 5.74) is 3.64. The van der Waals surface area contributed by atoms with Crippen LogP contribution in [0.4, 0.5) is 0 Å². The van der Waals surface area contributed by atoms with E-state index in [0.29, 0.717) is 11.5 Å². The number of pyridine rings is 2. The van der Waals surface area contributed by atoms with Crippen LogP contribution in [0.2, 0.25) is 0 Å². The van der Waals surface area contributed by atoms with Crippen molar-refractivity contribution in [2.75, 3.05) is 27.8 Å². The molecule has 9 heteroatoms. The Hall–Kier alpha value is -2.02. The Labute approximate surface area is 197 Å². The van der Waals surface area contributed by atoms with Gasteiger partial charge in [0.2, 0.25) is 0 Å². The molecule has 0 aliphatic heterocycles. The first-order valence-electron chi connectivity index (χ1n) is 9.26. The zero-order valence-electron chi connectivity index (χ0n) is 17.3. The van der Waals surface area contributed by atoms with E-state index in [2.05, 4.69) is 9.97 Å². The molecule has 1 aromatic carbocycles. The summed E-state index contributed by atoms with van der Waals surface area (Å²) in [6.07, 6.45) is 7.55. The molecule has 0 atom stereocenters. The van der Waals surface area contributed by atoms with E-state index in [1.807, 2.05) is 66.9 Å². The van der Waals surface area contributed by atoms with Crippen LogP contribution in [0.3, 0.4) is 0 Å². The predicted octanol–water partition coefficient (Wildman–Crippen LogP) is 5.66. The molecule has 3 rings (SSSR count). The summed E-state index contributed by atoms with van der Waals surface area (Å²) >= 11 is -0.931. The summed E-state index contributed by atoms with van der Waals surface area (Å²) in [6.45, 7) is 0.280. The van der Waals surface area contributed by atoms with Gasteiger partial charge in [-0.3, -0.25) is 9.97 Å². The van der Waals surface area contributed by atoms with E-state index in [9.17, 15) is 0 Å². The van der Waals surface area contributed by atoms with Crippen LogP contribution in [0.15, 0.2) is 60.9 Å². The molecule has 0 saturated carbocycles. The average Bonchev–Trinajstić information content (AvgIpc) is 2.82. The third-order valence-electron chi connectivity index (χ3n) is 3.81. The third-order valence-corrected chi connectivity index (χ3v) is 3.81. The Morgan fingerprint density at radius 1 is 0.806 bits per heavy atom. The van der Waals surface area contributed by atoms with Crippen LogP contribution in [0.25, 0.3) is 23.5 Å². The summed E-state index contributed by atoms with van der Waals surface area (Å²) < 4.78 is 21.0. The van der Waals surface area contributed by atoms with E-state index in [4.69, 9.17) is 38.3 Å². The van der Waals surface area contributed by atoms with E-state index in [-0.39, 0.29) is 13.6 Å².